The van der Waals surface area contributed by atoms with Gasteiger partial charge in [-0.05, 0) is 29.8 Å². The van der Waals surface area contributed by atoms with Gasteiger partial charge in [-0.25, -0.2) is 14.0 Å². The summed E-state index contributed by atoms with van der Waals surface area (Å²) in [5.74, 6) is -2.60. The molecular formula is C7H10BrFO4. The maximum Gasteiger partial charge on any atom is 0.367 e. The van der Waals surface area contributed by atoms with Gasteiger partial charge in [-0.3, -0.25) is 0 Å². The van der Waals surface area contributed by atoms with Crippen LogP contribution in [0.5, 0.6) is 0 Å². The smallest absolute Gasteiger partial charge is 0.367 e. The summed E-state index contributed by atoms with van der Waals surface area (Å²) in [6, 6.07) is 0. The summed E-state index contributed by atoms with van der Waals surface area (Å²) in [6.07, 6.45) is 0. The number of esters is 2. The van der Waals surface area contributed by atoms with E-state index in [1.54, 1.807) is 0 Å². The molecule has 0 aromatic carbocycles. The van der Waals surface area contributed by atoms with Crippen molar-refractivity contribution in [1.82, 2.24) is 0 Å². The molecule has 0 rings (SSSR count). The normalized spacial score (nSPS) is 10.8. The van der Waals surface area contributed by atoms with Crippen molar-refractivity contribution < 1.29 is 23.5 Å². The van der Waals surface area contributed by atoms with Gasteiger partial charge in [-0.2, -0.15) is 0 Å². The first-order chi connectivity index (χ1) is 5.96. The number of halogens is 2. The van der Waals surface area contributed by atoms with Crippen molar-refractivity contribution in [3.8, 4) is 0 Å². The first-order valence-corrected chi connectivity index (χ1v) is 4.48. The standard InChI is InChI=1S/C7H10BrFO4/c1-3-12-5(10)7(8,9)6(11)13-4-2/h3-4H2,1-2H3. The number of alkyl halides is 2. The summed E-state index contributed by atoms with van der Waals surface area (Å²) >= 11 is 2.30. The topological polar surface area (TPSA) is 52.6 Å². The quantitative estimate of drug-likeness (QED) is 0.431. The van der Waals surface area contributed by atoms with Crippen LogP contribution in [0.15, 0.2) is 0 Å². The highest BCUT2D eigenvalue weighted by Crippen LogP contribution is 2.23. The lowest BCUT2D eigenvalue weighted by Gasteiger charge is -2.14. The van der Waals surface area contributed by atoms with Gasteiger partial charge in [0, 0.05) is 0 Å². The summed E-state index contributed by atoms with van der Waals surface area (Å²) in [6.45, 7) is 3.00. The lowest BCUT2D eigenvalue weighted by atomic mass is 10.4. The zero-order chi connectivity index (χ0) is 10.5. The van der Waals surface area contributed by atoms with E-state index in [2.05, 4.69) is 25.4 Å². The van der Waals surface area contributed by atoms with Crippen LogP contribution in [0.2, 0.25) is 0 Å². The van der Waals surface area contributed by atoms with Gasteiger partial charge in [-0.1, -0.05) is 0 Å². The molecule has 0 radical (unpaired) electrons. The molecule has 6 heteroatoms. The average molecular weight is 257 g/mol. The molecule has 0 fully saturated rings. The predicted octanol–water partition coefficient (Wildman–Crippen LogP) is 1.17. The zero-order valence-electron chi connectivity index (χ0n) is 7.30. The molecule has 0 unspecified atom stereocenters. The monoisotopic (exact) mass is 256 g/mol. The molecule has 0 heterocycles. The molecule has 0 atom stereocenters. The van der Waals surface area contributed by atoms with E-state index in [9.17, 15) is 14.0 Å². The Labute approximate surface area is 83.5 Å². The van der Waals surface area contributed by atoms with Crippen molar-refractivity contribution in [3.05, 3.63) is 0 Å². The van der Waals surface area contributed by atoms with Crippen molar-refractivity contribution in [1.29, 1.82) is 0 Å². The van der Waals surface area contributed by atoms with Gasteiger partial charge in [0.25, 0.3) is 0 Å². The molecule has 0 amide bonds. The molecule has 13 heavy (non-hydrogen) atoms. The molecule has 0 N–H and O–H groups in total. The number of rotatable bonds is 4. The van der Waals surface area contributed by atoms with Crippen molar-refractivity contribution in [2.24, 2.45) is 0 Å². The van der Waals surface area contributed by atoms with Gasteiger partial charge < -0.3 is 9.47 Å². The van der Waals surface area contributed by atoms with E-state index >= 15 is 0 Å². The Bertz CT molecular complexity index is 185. The maximum atomic E-state index is 13.2. The van der Waals surface area contributed by atoms with Crippen LogP contribution in [0.4, 0.5) is 4.39 Å². The Morgan fingerprint density at radius 3 is 1.77 bits per heavy atom. The third kappa shape index (κ3) is 3.30. The molecule has 0 aromatic heterocycles. The van der Waals surface area contributed by atoms with E-state index in [-0.39, 0.29) is 13.2 Å². The molecule has 0 aliphatic carbocycles. The van der Waals surface area contributed by atoms with Crippen molar-refractivity contribution in [2.75, 3.05) is 13.2 Å². The SMILES string of the molecule is CCOC(=O)C(F)(Br)C(=O)OCC. The first-order valence-electron chi connectivity index (χ1n) is 3.69. The number of carbonyl (C=O) groups is 2. The molecule has 4 nitrogen and oxygen atoms in total. The van der Waals surface area contributed by atoms with Crippen LogP contribution in [0.3, 0.4) is 0 Å². The van der Waals surface area contributed by atoms with E-state index in [0.717, 1.165) is 0 Å². The van der Waals surface area contributed by atoms with Crippen LogP contribution in [0, 0.1) is 0 Å². The summed E-state index contributed by atoms with van der Waals surface area (Å²) in [4.78, 5) is 21.7. The Morgan fingerprint density at radius 2 is 1.54 bits per heavy atom. The second-order valence-electron chi connectivity index (χ2n) is 2.02. The Morgan fingerprint density at radius 1 is 1.23 bits per heavy atom. The van der Waals surface area contributed by atoms with Crippen LogP contribution in [0.1, 0.15) is 13.8 Å². The molecule has 0 aliphatic heterocycles. The van der Waals surface area contributed by atoms with Gasteiger partial charge in [0.15, 0.2) is 0 Å². The highest BCUT2D eigenvalue weighted by Gasteiger charge is 2.47. The fourth-order valence-electron chi connectivity index (χ4n) is 0.527. The highest BCUT2D eigenvalue weighted by molar-refractivity contribution is 9.10. The van der Waals surface area contributed by atoms with Crippen LogP contribution >= 0.6 is 15.9 Å². The largest absolute Gasteiger partial charge is 0.462 e. The van der Waals surface area contributed by atoms with Crippen LogP contribution in [-0.2, 0) is 19.1 Å². The molecule has 0 spiro atoms. The molecule has 0 saturated carbocycles. The fraction of sp³-hybridized carbons (Fsp3) is 0.714. The summed E-state index contributed by atoms with van der Waals surface area (Å²) in [5.41, 5.74) is 0. The van der Waals surface area contributed by atoms with E-state index in [0.29, 0.717) is 0 Å². The minimum atomic E-state index is -2.89. The van der Waals surface area contributed by atoms with E-state index in [1.165, 1.54) is 13.8 Å². The summed E-state index contributed by atoms with van der Waals surface area (Å²) in [5, 5.41) is 0. The molecular weight excluding hydrogens is 247 g/mol. The van der Waals surface area contributed by atoms with Crippen LogP contribution in [-0.4, -0.2) is 29.7 Å². The lowest BCUT2D eigenvalue weighted by Crippen LogP contribution is -2.39. The number of hydrogen-bond acceptors (Lipinski definition) is 4. The van der Waals surface area contributed by atoms with E-state index in [4.69, 9.17) is 0 Å². The second kappa shape index (κ2) is 5.16. The second-order valence-corrected chi connectivity index (χ2v) is 3.11. The summed E-state index contributed by atoms with van der Waals surface area (Å²) in [7, 11) is 0. The fourth-order valence-corrected chi connectivity index (χ4v) is 0.756. The zero-order valence-corrected chi connectivity index (χ0v) is 8.89. The molecule has 76 valence electrons. The highest BCUT2D eigenvalue weighted by atomic mass is 79.9. The average Bonchev–Trinajstić information content (AvgIpc) is 2.05. The van der Waals surface area contributed by atoms with Crippen molar-refractivity contribution in [2.45, 2.75) is 18.4 Å². The van der Waals surface area contributed by atoms with Gasteiger partial charge in [0.1, 0.15) is 0 Å². The van der Waals surface area contributed by atoms with Crippen molar-refractivity contribution >= 4 is 27.9 Å². The Balaban J connectivity index is 4.36. The van der Waals surface area contributed by atoms with Crippen molar-refractivity contribution in [3.63, 3.8) is 0 Å². The molecule has 0 bridgehead atoms. The van der Waals surface area contributed by atoms with E-state index in [1.807, 2.05) is 0 Å². The number of hydrogen-bond donors (Lipinski definition) is 0. The third-order valence-corrected chi connectivity index (χ3v) is 1.71. The molecule has 0 aromatic rings. The molecule has 0 aliphatic rings. The predicted molar refractivity (Wildman–Crippen MR) is 46.0 cm³/mol. The Kier molecular flexibility index (Phi) is 4.90. The minimum absolute atomic E-state index is 0.00446. The Hall–Kier alpha value is -0.650. The number of carbonyl (C=O) groups excluding carboxylic acids is 2. The lowest BCUT2D eigenvalue weighted by molar-refractivity contribution is -0.165. The van der Waals surface area contributed by atoms with Gasteiger partial charge in [0.05, 0.1) is 13.2 Å². The van der Waals surface area contributed by atoms with Gasteiger partial charge in [-0.15, -0.1) is 0 Å². The van der Waals surface area contributed by atoms with E-state index < -0.39 is 16.5 Å². The van der Waals surface area contributed by atoms with Crippen LogP contribution < -0.4 is 0 Å². The maximum absolute atomic E-state index is 13.2. The minimum Gasteiger partial charge on any atom is -0.462 e. The number of ether oxygens (including phenoxy) is 2. The van der Waals surface area contributed by atoms with Crippen LogP contribution in [0.25, 0.3) is 0 Å². The molecule has 0 saturated heterocycles. The van der Waals surface area contributed by atoms with Gasteiger partial charge >= 0.3 is 16.5 Å². The first kappa shape index (κ1) is 12.3. The summed E-state index contributed by atoms with van der Waals surface area (Å²) < 4.78 is 19.0. The third-order valence-electron chi connectivity index (χ3n) is 1.06. The van der Waals surface area contributed by atoms with Gasteiger partial charge in [0.2, 0.25) is 0 Å².